The number of ether oxygens (including phenoxy) is 1. The topological polar surface area (TPSA) is 21.3 Å². The Morgan fingerprint density at radius 1 is 1.14 bits per heavy atom. The lowest BCUT2D eigenvalue weighted by Gasteiger charge is -2.19. The summed E-state index contributed by atoms with van der Waals surface area (Å²) in [7, 11) is 1.58. The van der Waals surface area contributed by atoms with Gasteiger partial charge in [-0.3, -0.25) is 0 Å². The molecule has 0 aliphatic carbocycles. The van der Waals surface area contributed by atoms with E-state index < -0.39 is 5.82 Å². The number of halogens is 3. The number of anilines is 1. The summed E-state index contributed by atoms with van der Waals surface area (Å²) in [6, 6.07) is 8.33. The van der Waals surface area contributed by atoms with Crippen molar-refractivity contribution in [1.82, 2.24) is 0 Å². The summed E-state index contributed by atoms with van der Waals surface area (Å²) in [5, 5.41) is 4.06. The van der Waals surface area contributed by atoms with E-state index in [0.29, 0.717) is 10.8 Å². The second-order valence-corrected chi connectivity index (χ2v) is 5.66. The number of rotatable bonds is 4. The normalized spacial score (nSPS) is 12.1. The first-order chi connectivity index (χ1) is 9.92. The van der Waals surface area contributed by atoms with Gasteiger partial charge in [-0.05, 0) is 43.2 Å². The van der Waals surface area contributed by atoms with Gasteiger partial charge in [-0.15, -0.1) is 0 Å². The maximum absolute atomic E-state index is 13.5. The van der Waals surface area contributed by atoms with Gasteiger partial charge < -0.3 is 10.1 Å². The number of benzene rings is 2. The monoisotopic (exact) mass is 327 g/mol. The lowest BCUT2D eigenvalue weighted by molar-refractivity contribution is 0.416. The second-order valence-electron chi connectivity index (χ2n) is 4.84. The predicted octanol–water partition coefficient (Wildman–Crippen LogP) is 5.62. The van der Waals surface area contributed by atoms with Gasteiger partial charge in [-0.25, -0.2) is 4.39 Å². The maximum atomic E-state index is 13.5. The van der Waals surface area contributed by atoms with Gasteiger partial charge >= 0.3 is 0 Å². The molecule has 0 spiro atoms. The van der Waals surface area contributed by atoms with E-state index in [4.69, 9.17) is 27.9 Å². The fourth-order valence-electron chi connectivity index (χ4n) is 2.04. The zero-order chi connectivity index (χ0) is 15.6. The van der Waals surface area contributed by atoms with Crippen molar-refractivity contribution in [2.75, 3.05) is 12.4 Å². The van der Waals surface area contributed by atoms with Gasteiger partial charge in [0.05, 0.1) is 17.8 Å². The van der Waals surface area contributed by atoms with E-state index in [9.17, 15) is 4.39 Å². The zero-order valence-electron chi connectivity index (χ0n) is 12.0. The van der Waals surface area contributed by atoms with E-state index >= 15 is 0 Å². The Kier molecular flexibility index (Phi) is 4.96. The van der Waals surface area contributed by atoms with Crippen LogP contribution in [0.2, 0.25) is 10.0 Å². The van der Waals surface area contributed by atoms with Crippen molar-refractivity contribution >= 4 is 28.9 Å². The summed E-state index contributed by atoms with van der Waals surface area (Å²) in [4.78, 5) is 0. The summed E-state index contributed by atoms with van der Waals surface area (Å²) < 4.78 is 18.9. The van der Waals surface area contributed by atoms with Crippen LogP contribution in [0.25, 0.3) is 0 Å². The minimum Gasteiger partial charge on any atom is -0.495 e. The molecule has 112 valence electrons. The van der Waals surface area contributed by atoms with Crippen LogP contribution in [0.4, 0.5) is 10.1 Å². The van der Waals surface area contributed by atoms with Crippen LogP contribution in [0.3, 0.4) is 0 Å². The van der Waals surface area contributed by atoms with Gasteiger partial charge in [0.15, 0.2) is 0 Å². The number of methoxy groups -OCH3 is 1. The quantitative estimate of drug-likeness (QED) is 0.786. The number of aryl methyl sites for hydroxylation is 1. The molecule has 5 heteroatoms. The lowest BCUT2D eigenvalue weighted by atomic mass is 10.1. The third-order valence-corrected chi connectivity index (χ3v) is 4.01. The average Bonchev–Trinajstić information content (AvgIpc) is 2.45. The van der Waals surface area contributed by atoms with Crippen molar-refractivity contribution < 1.29 is 9.13 Å². The Labute approximate surface area is 133 Å². The molecule has 1 atom stereocenters. The molecule has 0 saturated carbocycles. The van der Waals surface area contributed by atoms with E-state index in [-0.39, 0.29) is 11.1 Å². The molecule has 1 unspecified atom stereocenters. The zero-order valence-corrected chi connectivity index (χ0v) is 13.5. The molecule has 0 aliphatic rings. The molecule has 0 heterocycles. The number of hydrogen-bond acceptors (Lipinski definition) is 2. The third kappa shape index (κ3) is 3.60. The Morgan fingerprint density at radius 2 is 1.86 bits per heavy atom. The molecular weight excluding hydrogens is 312 g/mol. The molecular formula is C16H16Cl2FNO. The van der Waals surface area contributed by atoms with E-state index in [1.54, 1.807) is 25.3 Å². The van der Waals surface area contributed by atoms with E-state index in [0.717, 1.165) is 16.8 Å². The number of nitrogens with one attached hydrogen (secondary N) is 1. The smallest absolute Gasteiger partial charge is 0.143 e. The van der Waals surface area contributed by atoms with Crippen molar-refractivity contribution in [2.24, 2.45) is 0 Å². The van der Waals surface area contributed by atoms with E-state index in [2.05, 4.69) is 5.32 Å². The van der Waals surface area contributed by atoms with Gasteiger partial charge in [0.2, 0.25) is 0 Å². The van der Waals surface area contributed by atoms with Crippen molar-refractivity contribution in [2.45, 2.75) is 19.9 Å². The fraction of sp³-hybridized carbons (Fsp3) is 0.250. The average molecular weight is 328 g/mol. The molecule has 0 aliphatic heterocycles. The minimum absolute atomic E-state index is 0.105. The van der Waals surface area contributed by atoms with E-state index in [1.165, 1.54) is 6.07 Å². The van der Waals surface area contributed by atoms with Gasteiger partial charge in [0.1, 0.15) is 11.6 Å². The molecule has 2 aromatic carbocycles. The Morgan fingerprint density at radius 3 is 2.48 bits per heavy atom. The third-order valence-electron chi connectivity index (χ3n) is 3.30. The molecule has 0 bridgehead atoms. The first-order valence-corrected chi connectivity index (χ1v) is 7.23. The van der Waals surface area contributed by atoms with Gasteiger partial charge in [0.25, 0.3) is 0 Å². The molecule has 2 nitrogen and oxygen atoms in total. The highest BCUT2D eigenvalue weighted by Crippen LogP contribution is 2.33. The molecule has 21 heavy (non-hydrogen) atoms. The lowest BCUT2D eigenvalue weighted by Crippen LogP contribution is -2.08. The first-order valence-electron chi connectivity index (χ1n) is 6.48. The van der Waals surface area contributed by atoms with Crippen molar-refractivity contribution in [3.8, 4) is 5.75 Å². The largest absolute Gasteiger partial charge is 0.495 e. The van der Waals surface area contributed by atoms with Crippen LogP contribution in [0.1, 0.15) is 24.1 Å². The highest BCUT2D eigenvalue weighted by molar-refractivity contribution is 6.31. The van der Waals surface area contributed by atoms with Crippen molar-refractivity contribution in [1.29, 1.82) is 0 Å². The van der Waals surface area contributed by atoms with E-state index in [1.807, 2.05) is 19.9 Å². The summed E-state index contributed by atoms with van der Waals surface area (Å²) in [5.41, 5.74) is 2.54. The summed E-state index contributed by atoms with van der Waals surface area (Å²) >= 11 is 11.8. The number of hydrogen-bond donors (Lipinski definition) is 1. The van der Waals surface area contributed by atoms with Gasteiger partial charge in [-0.1, -0.05) is 29.3 Å². The highest BCUT2D eigenvalue weighted by atomic mass is 35.5. The van der Waals surface area contributed by atoms with Crippen LogP contribution >= 0.6 is 23.2 Å². The molecule has 2 rings (SSSR count). The Hall–Kier alpha value is -1.45. The van der Waals surface area contributed by atoms with Crippen LogP contribution < -0.4 is 10.1 Å². The molecule has 0 fully saturated rings. The Bertz CT molecular complexity index is 661. The summed E-state index contributed by atoms with van der Waals surface area (Å²) in [6.07, 6.45) is 0. The van der Waals surface area contributed by atoms with Crippen LogP contribution in [0.5, 0.6) is 5.75 Å². The molecule has 0 aromatic heterocycles. The predicted molar refractivity (Wildman–Crippen MR) is 86.2 cm³/mol. The van der Waals surface area contributed by atoms with Crippen LogP contribution in [0.15, 0.2) is 30.3 Å². The molecule has 0 amide bonds. The van der Waals surface area contributed by atoms with Gasteiger partial charge in [0, 0.05) is 17.1 Å². The molecule has 0 saturated heterocycles. The first kappa shape index (κ1) is 15.9. The van der Waals surface area contributed by atoms with Crippen LogP contribution in [-0.4, -0.2) is 7.11 Å². The standard InChI is InChI=1S/C16H16Cl2FNO/c1-9-6-15(16(21-3)8-13(9)18)20-10(2)11-4-5-12(17)14(19)7-11/h4-8,10,20H,1-3H3. The second kappa shape index (κ2) is 6.54. The summed E-state index contributed by atoms with van der Waals surface area (Å²) in [5.74, 6) is 0.217. The minimum atomic E-state index is -0.429. The molecule has 2 aromatic rings. The van der Waals surface area contributed by atoms with Crippen molar-refractivity contribution in [3.05, 3.63) is 57.3 Å². The Balaban J connectivity index is 2.28. The maximum Gasteiger partial charge on any atom is 0.143 e. The van der Waals surface area contributed by atoms with Gasteiger partial charge in [-0.2, -0.15) is 0 Å². The summed E-state index contributed by atoms with van der Waals surface area (Å²) in [6.45, 7) is 3.85. The van der Waals surface area contributed by atoms with Crippen LogP contribution in [-0.2, 0) is 0 Å². The fourth-order valence-corrected chi connectivity index (χ4v) is 2.31. The molecule has 0 radical (unpaired) electrons. The highest BCUT2D eigenvalue weighted by Gasteiger charge is 2.12. The molecule has 1 N–H and O–H groups in total. The van der Waals surface area contributed by atoms with Crippen LogP contribution in [0, 0.1) is 12.7 Å². The van der Waals surface area contributed by atoms with Crippen molar-refractivity contribution in [3.63, 3.8) is 0 Å². The SMILES string of the molecule is COc1cc(Cl)c(C)cc1NC(C)c1ccc(Cl)c(F)c1.